The van der Waals surface area contributed by atoms with Gasteiger partial charge in [0.2, 0.25) is 10.0 Å². The first-order valence-corrected chi connectivity index (χ1v) is 8.81. The second kappa shape index (κ2) is 6.14. The Kier molecular flexibility index (Phi) is 4.74. The van der Waals surface area contributed by atoms with Gasteiger partial charge in [0.1, 0.15) is 4.90 Å². The fraction of sp³-hybridized carbons (Fsp3) is 0.417. The Balaban J connectivity index is 2.16. The summed E-state index contributed by atoms with van der Waals surface area (Å²) in [6.07, 6.45) is 1.03. The third kappa shape index (κ3) is 3.63. The number of nitrogens with zero attached hydrogens (tertiary/aromatic N) is 1. The molecule has 0 radical (unpaired) electrons. The van der Waals surface area contributed by atoms with E-state index in [1.165, 1.54) is 18.2 Å². The van der Waals surface area contributed by atoms with Gasteiger partial charge in [-0.25, -0.2) is 13.1 Å². The lowest BCUT2D eigenvalue weighted by Crippen LogP contribution is -2.29. The average molecular weight is 317 g/mol. The molecular formula is C12H13ClN2O2S2. The molecule has 0 spiro atoms. The third-order valence-corrected chi connectivity index (χ3v) is 6.07. The van der Waals surface area contributed by atoms with Crippen molar-refractivity contribution in [1.29, 1.82) is 5.26 Å². The van der Waals surface area contributed by atoms with Gasteiger partial charge in [-0.1, -0.05) is 11.6 Å². The number of sulfonamides is 1. The minimum atomic E-state index is -3.65. The predicted molar refractivity (Wildman–Crippen MR) is 76.8 cm³/mol. The van der Waals surface area contributed by atoms with Crippen LogP contribution in [-0.4, -0.2) is 26.5 Å². The molecule has 0 aromatic heterocycles. The summed E-state index contributed by atoms with van der Waals surface area (Å²) >= 11 is 7.73. The van der Waals surface area contributed by atoms with Crippen LogP contribution in [0.15, 0.2) is 23.1 Å². The van der Waals surface area contributed by atoms with Gasteiger partial charge in [0, 0.05) is 6.54 Å². The fourth-order valence-corrected chi connectivity index (χ4v) is 4.75. The maximum absolute atomic E-state index is 12.2. The Morgan fingerprint density at radius 3 is 2.95 bits per heavy atom. The monoisotopic (exact) mass is 316 g/mol. The molecule has 0 aliphatic carbocycles. The van der Waals surface area contributed by atoms with Crippen LogP contribution in [0.4, 0.5) is 0 Å². The second-order valence-corrected chi connectivity index (χ2v) is 7.63. The highest BCUT2D eigenvalue weighted by Gasteiger charge is 2.22. The van der Waals surface area contributed by atoms with E-state index in [-0.39, 0.29) is 15.5 Å². The number of nitrogens with one attached hydrogen (secondary N) is 1. The maximum Gasteiger partial charge on any atom is 0.242 e. The molecule has 2 rings (SSSR count). The first-order valence-electron chi connectivity index (χ1n) is 5.80. The van der Waals surface area contributed by atoms with Crippen LogP contribution in [0.5, 0.6) is 0 Å². The van der Waals surface area contributed by atoms with Crippen molar-refractivity contribution in [3.8, 4) is 6.07 Å². The maximum atomic E-state index is 12.2. The van der Waals surface area contributed by atoms with E-state index in [9.17, 15) is 8.42 Å². The van der Waals surface area contributed by atoms with Crippen LogP contribution in [0, 0.1) is 17.2 Å². The van der Waals surface area contributed by atoms with Gasteiger partial charge < -0.3 is 0 Å². The summed E-state index contributed by atoms with van der Waals surface area (Å²) < 4.78 is 26.9. The molecule has 0 amide bonds. The number of rotatable bonds is 4. The Morgan fingerprint density at radius 1 is 1.53 bits per heavy atom. The van der Waals surface area contributed by atoms with Crippen LogP contribution in [-0.2, 0) is 10.0 Å². The molecule has 7 heteroatoms. The van der Waals surface area contributed by atoms with Gasteiger partial charge in [0.25, 0.3) is 0 Å². The van der Waals surface area contributed by atoms with Crippen molar-refractivity contribution in [2.75, 3.05) is 18.1 Å². The lowest BCUT2D eigenvalue weighted by atomic mass is 10.1. The van der Waals surface area contributed by atoms with Gasteiger partial charge in [-0.15, -0.1) is 0 Å². The largest absolute Gasteiger partial charge is 0.242 e. The van der Waals surface area contributed by atoms with E-state index in [0.717, 1.165) is 17.9 Å². The van der Waals surface area contributed by atoms with Crippen molar-refractivity contribution in [1.82, 2.24) is 4.72 Å². The topological polar surface area (TPSA) is 70.0 Å². The zero-order valence-corrected chi connectivity index (χ0v) is 12.5. The van der Waals surface area contributed by atoms with Crippen LogP contribution in [0.2, 0.25) is 5.02 Å². The van der Waals surface area contributed by atoms with Crippen molar-refractivity contribution < 1.29 is 8.42 Å². The van der Waals surface area contributed by atoms with Gasteiger partial charge >= 0.3 is 0 Å². The number of hydrogen-bond donors (Lipinski definition) is 1. The first-order chi connectivity index (χ1) is 9.03. The molecule has 1 atom stereocenters. The smallest absolute Gasteiger partial charge is 0.211 e. The van der Waals surface area contributed by atoms with E-state index >= 15 is 0 Å². The van der Waals surface area contributed by atoms with Crippen LogP contribution in [0.1, 0.15) is 12.0 Å². The summed E-state index contributed by atoms with van der Waals surface area (Å²) in [5.41, 5.74) is 0.279. The number of thioether (sulfide) groups is 1. The molecule has 1 aliphatic heterocycles. The Hall–Kier alpha value is -0.740. The average Bonchev–Trinajstić information content (AvgIpc) is 2.90. The van der Waals surface area contributed by atoms with Crippen molar-refractivity contribution in [2.24, 2.45) is 5.92 Å². The first kappa shape index (κ1) is 14.7. The normalized spacial score (nSPS) is 19.3. The third-order valence-electron chi connectivity index (χ3n) is 2.94. The number of benzene rings is 1. The lowest BCUT2D eigenvalue weighted by molar-refractivity contribution is 0.546. The van der Waals surface area contributed by atoms with Gasteiger partial charge in [-0.05, 0) is 42.0 Å². The summed E-state index contributed by atoms with van der Waals surface area (Å²) in [5, 5.41) is 8.94. The number of nitriles is 1. The van der Waals surface area contributed by atoms with Crippen molar-refractivity contribution in [3.63, 3.8) is 0 Å². The van der Waals surface area contributed by atoms with E-state index in [4.69, 9.17) is 16.9 Å². The Labute approximate surface area is 122 Å². The summed E-state index contributed by atoms with van der Waals surface area (Å²) in [6, 6.07) is 6.14. The van der Waals surface area contributed by atoms with Gasteiger partial charge in [0.05, 0.1) is 16.7 Å². The molecule has 1 aliphatic rings. The zero-order chi connectivity index (χ0) is 13.9. The summed E-state index contributed by atoms with van der Waals surface area (Å²) in [4.78, 5) is -0.0288. The van der Waals surface area contributed by atoms with Crippen LogP contribution in [0.25, 0.3) is 0 Å². The molecule has 0 bridgehead atoms. The van der Waals surface area contributed by atoms with Gasteiger partial charge in [-0.2, -0.15) is 17.0 Å². The molecule has 102 valence electrons. The van der Waals surface area contributed by atoms with E-state index in [2.05, 4.69) is 4.72 Å². The van der Waals surface area contributed by atoms with Crippen molar-refractivity contribution in [2.45, 2.75) is 11.3 Å². The second-order valence-electron chi connectivity index (χ2n) is 4.34. The molecule has 1 saturated heterocycles. The van der Waals surface area contributed by atoms with Crippen LogP contribution >= 0.6 is 23.4 Å². The molecule has 1 heterocycles. The fourth-order valence-electron chi connectivity index (χ4n) is 1.83. The van der Waals surface area contributed by atoms with E-state index in [0.29, 0.717) is 12.5 Å². The summed E-state index contributed by atoms with van der Waals surface area (Å²) in [6.45, 7) is 0.419. The standard InChI is InChI=1S/C12H13ClN2O2S2/c13-11-2-1-9(6-14)5-12(11)19(16,17)15-7-10-3-4-18-8-10/h1-2,5,10,15H,3-4,7-8H2. The molecule has 1 aromatic rings. The van der Waals surface area contributed by atoms with Crippen molar-refractivity contribution in [3.05, 3.63) is 28.8 Å². The van der Waals surface area contributed by atoms with E-state index < -0.39 is 10.0 Å². The molecule has 19 heavy (non-hydrogen) atoms. The molecule has 1 N–H and O–H groups in total. The molecule has 1 fully saturated rings. The molecule has 4 nitrogen and oxygen atoms in total. The highest BCUT2D eigenvalue weighted by molar-refractivity contribution is 7.99. The quantitative estimate of drug-likeness (QED) is 0.925. The van der Waals surface area contributed by atoms with Crippen LogP contribution < -0.4 is 4.72 Å². The predicted octanol–water partition coefficient (Wildman–Crippen LogP) is 2.24. The summed E-state index contributed by atoms with van der Waals surface area (Å²) in [7, 11) is -3.65. The molecular weight excluding hydrogens is 304 g/mol. The van der Waals surface area contributed by atoms with Gasteiger partial charge in [0.15, 0.2) is 0 Å². The number of hydrogen-bond acceptors (Lipinski definition) is 4. The SMILES string of the molecule is N#Cc1ccc(Cl)c(S(=O)(=O)NCC2CCSC2)c1. The highest BCUT2D eigenvalue weighted by atomic mass is 35.5. The van der Waals surface area contributed by atoms with Gasteiger partial charge in [-0.3, -0.25) is 0 Å². The molecule has 1 aromatic carbocycles. The minimum Gasteiger partial charge on any atom is -0.211 e. The molecule has 1 unspecified atom stereocenters. The molecule has 0 saturated carbocycles. The number of halogens is 1. The Morgan fingerprint density at radius 2 is 2.32 bits per heavy atom. The lowest BCUT2D eigenvalue weighted by Gasteiger charge is -2.11. The van der Waals surface area contributed by atoms with Crippen LogP contribution in [0.3, 0.4) is 0 Å². The minimum absolute atomic E-state index is 0.0288. The Bertz CT molecular complexity index is 605. The summed E-state index contributed by atoms with van der Waals surface area (Å²) in [5.74, 6) is 2.43. The zero-order valence-electron chi connectivity index (χ0n) is 10.1. The highest BCUT2D eigenvalue weighted by Crippen LogP contribution is 2.25. The van der Waals surface area contributed by atoms with E-state index in [1.807, 2.05) is 17.8 Å². The van der Waals surface area contributed by atoms with E-state index in [1.54, 1.807) is 0 Å². The van der Waals surface area contributed by atoms with Crippen molar-refractivity contribution >= 4 is 33.4 Å².